The number of aryl methyl sites for hydroxylation is 1. The van der Waals surface area contributed by atoms with Crippen LogP contribution in [0.2, 0.25) is 0 Å². The molecule has 2 heterocycles. The zero-order chi connectivity index (χ0) is 15.2. The Morgan fingerprint density at radius 3 is 3.00 bits per heavy atom. The van der Waals surface area contributed by atoms with Crippen molar-refractivity contribution in [3.8, 4) is 0 Å². The first-order valence-electron chi connectivity index (χ1n) is 7.00. The number of hydrogen-bond donors (Lipinski definition) is 2. The minimum absolute atomic E-state index is 0.178. The van der Waals surface area contributed by atoms with E-state index in [1.54, 1.807) is 15.8 Å². The van der Waals surface area contributed by atoms with Crippen LogP contribution in [0.4, 0.5) is 4.79 Å². The molecule has 21 heavy (non-hydrogen) atoms. The van der Waals surface area contributed by atoms with Gasteiger partial charge in [0, 0.05) is 32.4 Å². The van der Waals surface area contributed by atoms with Gasteiger partial charge in [0.15, 0.2) is 0 Å². The van der Waals surface area contributed by atoms with E-state index in [2.05, 4.69) is 26.3 Å². The Hall–Kier alpha value is -1.57. The van der Waals surface area contributed by atoms with Crippen molar-refractivity contribution in [1.82, 2.24) is 20.0 Å². The minimum Gasteiger partial charge on any atom is -0.481 e. The van der Waals surface area contributed by atoms with E-state index in [4.69, 9.17) is 5.11 Å². The maximum Gasteiger partial charge on any atom is 0.317 e. The highest BCUT2D eigenvalue weighted by atomic mass is 79.9. The minimum atomic E-state index is -0.822. The quantitative estimate of drug-likeness (QED) is 0.781. The van der Waals surface area contributed by atoms with Gasteiger partial charge in [0.1, 0.15) is 0 Å². The van der Waals surface area contributed by atoms with Crippen molar-refractivity contribution in [2.45, 2.75) is 25.8 Å². The van der Waals surface area contributed by atoms with Crippen molar-refractivity contribution in [1.29, 1.82) is 0 Å². The average Bonchev–Trinajstić information content (AvgIpc) is 2.89. The van der Waals surface area contributed by atoms with Crippen molar-refractivity contribution >= 4 is 27.9 Å². The van der Waals surface area contributed by atoms with Crippen molar-refractivity contribution in [3.05, 3.63) is 16.9 Å². The SMILES string of the molecule is O=C(O)C1CCCN(C(=O)NCCCn2cc(Br)cn2)C1. The molecule has 1 aliphatic rings. The van der Waals surface area contributed by atoms with E-state index in [-0.39, 0.29) is 6.03 Å². The summed E-state index contributed by atoms with van der Waals surface area (Å²) in [5.74, 6) is -1.26. The number of urea groups is 1. The number of aromatic nitrogens is 2. The van der Waals surface area contributed by atoms with Crippen molar-refractivity contribution in [2.75, 3.05) is 19.6 Å². The molecule has 7 nitrogen and oxygen atoms in total. The molecule has 0 aromatic carbocycles. The monoisotopic (exact) mass is 358 g/mol. The number of carbonyl (C=O) groups is 2. The van der Waals surface area contributed by atoms with Crippen molar-refractivity contribution in [3.63, 3.8) is 0 Å². The van der Waals surface area contributed by atoms with Crippen LogP contribution in [0.1, 0.15) is 19.3 Å². The van der Waals surface area contributed by atoms with Crippen LogP contribution in [0.3, 0.4) is 0 Å². The van der Waals surface area contributed by atoms with E-state index in [1.807, 2.05) is 6.20 Å². The van der Waals surface area contributed by atoms with Gasteiger partial charge in [-0.1, -0.05) is 0 Å². The third kappa shape index (κ3) is 4.73. The molecule has 116 valence electrons. The van der Waals surface area contributed by atoms with Crippen LogP contribution >= 0.6 is 15.9 Å². The van der Waals surface area contributed by atoms with Gasteiger partial charge in [-0.25, -0.2) is 4.79 Å². The highest BCUT2D eigenvalue weighted by Crippen LogP contribution is 2.16. The molecule has 1 unspecified atom stereocenters. The molecule has 1 aliphatic heterocycles. The number of hydrogen-bond acceptors (Lipinski definition) is 3. The first-order valence-corrected chi connectivity index (χ1v) is 7.79. The van der Waals surface area contributed by atoms with Crippen LogP contribution in [0.15, 0.2) is 16.9 Å². The van der Waals surface area contributed by atoms with Crippen LogP contribution in [0.25, 0.3) is 0 Å². The number of rotatable bonds is 5. The number of aliphatic carboxylic acids is 1. The Kier molecular flexibility index (Phi) is 5.60. The number of nitrogens with zero attached hydrogens (tertiary/aromatic N) is 3. The summed E-state index contributed by atoms with van der Waals surface area (Å²) in [5.41, 5.74) is 0. The molecule has 1 aromatic heterocycles. The molecule has 2 amide bonds. The Labute approximate surface area is 131 Å². The van der Waals surface area contributed by atoms with Gasteiger partial charge in [-0.15, -0.1) is 0 Å². The Morgan fingerprint density at radius 1 is 1.52 bits per heavy atom. The molecule has 8 heteroatoms. The van der Waals surface area contributed by atoms with E-state index in [9.17, 15) is 9.59 Å². The summed E-state index contributed by atoms with van der Waals surface area (Å²) in [4.78, 5) is 24.5. The first kappa shape index (κ1) is 15.8. The molecule has 1 fully saturated rings. The lowest BCUT2D eigenvalue weighted by Crippen LogP contribution is -2.47. The van der Waals surface area contributed by atoms with Gasteiger partial charge in [-0.05, 0) is 35.2 Å². The standard InChI is InChI=1S/C13H19BrN4O3/c14-11-7-16-18(9-11)6-2-4-15-13(21)17-5-1-3-10(8-17)12(19)20/h7,9-10H,1-6,8H2,(H,15,21)(H,19,20). The van der Waals surface area contributed by atoms with E-state index in [1.165, 1.54) is 0 Å². The van der Waals surface area contributed by atoms with Crippen LogP contribution in [0, 0.1) is 5.92 Å². The van der Waals surface area contributed by atoms with Crippen LogP contribution < -0.4 is 5.32 Å². The molecule has 0 saturated carbocycles. The van der Waals surface area contributed by atoms with Crippen LogP contribution in [-0.2, 0) is 11.3 Å². The second-order valence-corrected chi connectivity index (χ2v) is 6.05. The lowest BCUT2D eigenvalue weighted by molar-refractivity contribution is -0.143. The summed E-state index contributed by atoms with van der Waals surface area (Å²) in [5, 5.41) is 16.0. The lowest BCUT2D eigenvalue weighted by atomic mass is 9.99. The number of piperidine rings is 1. The molecule has 1 atom stereocenters. The second kappa shape index (κ2) is 7.44. The number of nitrogens with one attached hydrogen (secondary N) is 1. The first-order chi connectivity index (χ1) is 10.1. The van der Waals surface area contributed by atoms with Crippen molar-refractivity contribution < 1.29 is 14.7 Å². The van der Waals surface area contributed by atoms with Gasteiger partial charge in [-0.3, -0.25) is 9.48 Å². The van der Waals surface area contributed by atoms with E-state index in [0.717, 1.165) is 23.9 Å². The zero-order valence-corrected chi connectivity index (χ0v) is 13.3. The van der Waals surface area contributed by atoms with Gasteiger partial charge < -0.3 is 15.3 Å². The third-order valence-electron chi connectivity index (χ3n) is 3.50. The Balaban J connectivity index is 1.68. The third-order valence-corrected chi connectivity index (χ3v) is 3.91. The van der Waals surface area contributed by atoms with Gasteiger partial charge >= 0.3 is 12.0 Å². The number of carboxylic acids is 1. The number of likely N-dealkylation sites (tertiary alicyclic amines) is 1. The smallest absolute Gasteiger partial charge is 0.317 e. The number of carboxylic acid groups (broad SMARTS) is 1. The topological polar surface area (TPSA) is 87.5 Å². The Morgan fingerprint density at radius 2 is 2.33 bits per heavy atom. The van der Waals surface area contributed by atoms with Gasteiger partial charge in [0.25, 0.3) is 0 Å². The van der Waals surface area contributed by atoms with E-state index in [0.29, 0.717) is 26.1 Å². The summed E-state index contributed by atoms with van der Waals surface area (Å²) in [7, 11) is 0. The molecule has 0 aliphatic carbocycles. The summed E-state index contributed by atoms with van der Waals surface area (Å²) >= 11 is 3.33. The summed E-state index contributed by atoms with van der Waals surface area (Å²) in [6, 6.07) is -0.178. The molecular formula is C13H19BrN4O3. The number of halogens is 1. The fourth-order valence-corrected chi connectivity index (χ4v) is 2.70. The molecule has 1 saturated heterocycles. The fourth-order valence-electron chi connectivity index (χ4n) is 2.37. The molecule has 0 spiro atoms. The van der Waals surface area contributed by atoms with Gasteiger partial charge in [0.05, 0.1) is 16.6 Å². The average molecular weight is 359 g/mol. The van der Waals surface area contributed by atoms with E-state index >= 15 is 0 Å². The number of amides is 2. The maximum absolute atomic E-state index is 12.0. The highest BCUT2D eigenvalue weighted by molar-refractivity contribution is 9.10. The number of carbonyl (C=O) groups excluding carboxylic acids is 1. The summed E-state index contributed by atoms with van der Waals surface area (Å²) in [6.07, 6.45) is 5.76. The molecule has 0 radical (unpaired) electrons. The fraction of sp³-hybridized carbons (Fsp3) is 0.615. The van der Waals surface area contributed by atoms with Gasteiger partial charge in [-0.2, -0.15) is 5.10 Å². The molecular weight excluding hydrogens is 340 g/mol. The predicted octanol–water partition coefficient (Wildman–Crippen LogP) is 1.54. The second-order valence-electron chi connectivity index (χ2n) is 5.13. The highest BCUT2D eigenvalue weighted by Gasteiger charge is 2.27. The van der Waals surface area contributed by atoms with Gasteiger partial charge in [0.2, 0.25) is 0 Å². The summed E-state index contributed by atoms with van der Waals surface area (Å²) in [6.45, 7) is 2.20. The molecule has 1 aromatic rings. The normalized spacial score (nSPS) is 18.5. The molecule has 2 N–H and O–H groups in total. The molecule has 2 rings (SSSR count). The zero-order valence-electron chi connectivity index (χ0n) is 11.7. The lowest BCUT2D eigenvalue weighted by Gasteiger charge is -2.30. The Bertz CT molecular complexity index is 505. The molecule has 0 bridgehead atoms. The maximum atomic E-state index is 12.0. The van der Waals surface area contributed by atoms with Crippen LogP contribution in [0.5, 0.6) is 0 Å². The predicted molar refractivity (Wildman–Crippen MR) is 79.9 cm³/mol. The van der Waals surface area contributed by atoms with Crippen LogP contribution in [-0.4, -0.2) is 51.4 Å². The van der Waals surface area contributed by atoms with E-state index < -0.39 is 11.9 Å². The largest absolute Gasteiger partial charge is 0.481 e. The van der Waals surface area contributed by atoms with Crippen molar-refractivity contribution in [2.24, 2.45) is 5.92 Å². The summed E-state index contributed by atoms with van der Waals surface area (Å²) < 4.78 is 2.73.